The van der Waals surface area contributed by atoms with Gasteiger partial charge in [-0.2, -0.15) is 0 Å². The molecule has 4 nitrogen and oxygen atoms in total. The molecule has 0 saturated heterocycles. The number of hydrogen-bond donors (Lipinski definition) is 2. The van der Waals surface area contributed by atoms with Gasteiger partial charge in [-0.3, -0.25) is 4.79 Å². The maximum absolute atomic E-state index is 13.2. The molecule has 3 N–H and O–H groups in total. The number of hydrogen-bond acceptors (Lipinski definition) is 3. The largest absolute Gasteiger partial charge is 0.481 e. The number of nitrogens with two attached hydrogens (primary N) is 1. The van der Waals surface area contributed by atoms with Crippen LogP contribution >= 0.6 is 0 Å². The van der Waals surface area contributed by atoms with Crippen LogP contribution < -0.4 is 15.8 Å². The van der Waals surface area contributed by atoms with E-state index < -0.39 is 11.9 Å². The van der Waals surface area contributed by atoms with Crippen molar-refractivity contribution < 1.29 is 13.9 Å². The maximum atomic E-state index is 13.2. The summed E-state index contributed by atoms with van der Waals surface area (Å²) in [5, 5.41) is 2.48. The minimum atomic E-state index is -0.759. The van der Waals surface area contributed by atoms with Gasteiger partial charge >= 0.3 is 0 Å². The normalized spacial score (nSPS) is 11.4. The van der Waals surface area contributed by atoms with E-state index in [1.165, 1.54) is 12.1 Å². The van der Waals surface area contributed by atoms with Gasteiger partial charge in [0.1, 0.15) is 11.6 Å². The number of rotatable bonds is 5. The molecule has 0 bridgehead atoms. The number of benzene rings is 1. The summed E-state index contributed by atoms with van der Waals surface area (Å²) in [6, 6.07) is 4.11. The molecule has 18 heavy (non-hydrogen) atoms. The number of ether oxygens (including phenoxy) is 1. The fraction of sp³-hybridized carbons (Fsp3) is 0.308. The summed E-state index contributed by atoms with van der Waals surface area (Å²) < 4.78 is 18.5. The van der Waals surface area contributed by atoms with E-state index in [4.69, 9.17) is 16.9 Å². The Kier molecular flexibility index (Phi) is 5.15. The van der Waals surface area contributed by atoms with Gasteiger partial charge in [0.25, 0.3) is 5.91 Å². The molecule has 5 heteroatoms. The standard InChI is InChI=1S/C13H15FN2O2/c1-3-4-16-13(17)9(2)18-12-6-10(8-15)5-11(14)7-12/h1,5-7,9H,4,8,15H2,2H3,(H,16,17). The quantitative estimate of drug-likeness (QED) is 0.760. The third-order valence-electron chi connectivity index (χ3n) is 2.21. The Bertz CT molecular complexity index is 469. The molecule has 1 rings (SSSR count). The molecule has 1 atom stereocenters. The molecule has 1 unspecified atom stereocenters. The highest BCUT2D eigenvalue weighted by atomic mass is 19.1. The second-order valence-corrected chi connectivity index (χ2v) is 3.68. The summed E-state index contributed by atoms with van der Waals surface area (Å²) in [5.74, 6) is 1.73. The topological polar surface area (TPSA) is 64.3 Å². The molecule has 0 aromatic heterocycles. The van der Waals surface area contributed by atoms with E-state index in [-0.39, 0.29) is 24.7 Å². The van der Waals surface area contributed by atoms with E-state index in [9.17, 15) is 9.18 Å². The average Bonchev–Trinajstić information content (AvgIpc) is 2.34. The monoisotopic (exact) mass is 250 g/mol. The Balaban J connectivity index is 2.69. The molecule has 96 valence electrons. The first-order valence-corrected chi connectivity index (χ1v) is 5.44. The summed E-state index contributed by atoms with van der Waals surface area (Å²) in [6.45, 7) is 1.88. The van der Waals surface area contributed by atoms with E-state index in [1.807, 2.05) is 0 Å². The van der Waals surface area contributed by atoms with Crippen molar-refractivity contribution in [3.05, 3.63) is 29.6 Å². The van der Waals surface area contributed by atoms with Crippen molar-refractivity contribution in [2.45, 2.75) is 19.6 Å². The summed E-state index contributed by atoms with van der Waals surface area (Å²) in [4.78, 5) is 11.5. The lowest BCUT2D eigenvalue weighted by molar-refractivity contribution is -0.127. The predicted molar refractivity (Wildman–Crippen MR) is 66.2 cm³/mol. The van der Waals surface area contributed by atoms with Crippen LogP contribution in [0.1, 0.15) is 12.5 Å². The molecule has 0 aliphatic carbocycles. The van der Waals surface area contributed by atoms with Gasteiger partial charge < -0.3 is 15.8 Å². The first kappa shape index (κ1) is 14.0. The van der Waals surface area contributed by atoms with E-state index in [1.54, 1.807) is 13.0 Å². The molecule has 0 aliphatic rings. The molecule has 0 saturated carbocycles. The van der Waals surface area contributed by atoms with E-state index in [2.05, 4.69) is 11.2 Å². The lowest BCUT2D eigenvalue weighted by atomic mass is 10.2. The van der Waals surface area contributed by atoms with Crippen molar-refractivity contribution in [3.63, 3.8) is 0 Å². The molecule has 1 aromatic rings. The number of carbonyl (C=O) groups is 1. The van der Waals surface area contributed by atoms with Gasteiger partial charge in [-0.15, -0.1) is 6.42 Å². The van der Waals surface area contributed by atoms with Crippen LogP contribution in [0.15, 0.2) is 18.2 Å². The molecule has 1 aromatic carbocycles. The minimum Gasteiger partial charge on any atom is -0.481 e. The zero-order valence-corrected chi connectivity index (χ0v) is 10.1. The van der Waals surface area contributed by atoms with Gasteiger partial charge in [0.2, 0.25) is 0 Å². The zero-order valence-electron chi connectivity index (χ0n) is 10.1. The Labute approximate surface area is 105 Å². The Morgan fingerprint density at radius 3 is 2.94 bits per heavy atom. The van der Waals surface area contributed by atoms with Gasteiger partial charge in [-0.25, -0.2) is 4.39 Å². The highest BCUT2D eigenvalue weighted by Crippen LogP contribution is 2.17. The summed E-state index contributed by atoms with van der Waals surface area (Å²) in [7, 11) is 0. The zero-order chi connectivity index (χ0) is 13.5. The summed E-state index contributed by atoms with van der Waals surface area (Å²) in [5.41, 5.74) is 6.02. The lowest BCUT2D eigenvalue weighted by Crippen LogP contribution is -2.36. The highest BCUT2D eigenvalue weighted by molar-refractivity contribution is 5.80. The number of terminal acetylenes is 1. The second-order valence-electron chi connectivity index (χ2n) is 3.68. The SMILES string of the molecule is C#CCNC(=O)C(C)Oc1cc(F)cc(CN)c1. The van der Waals surface area contributed by atoms with Crippen LogP contribution in [0.3, 0.4) is 0 Å². The van der Waals surface area contributed by atoms with Crippen LogP contribution in [0.5, 0.6) is 5.75 Å². The molecule has 0 fully saturated rings. The first-order valence-electron chi connectivity index (χ1n) is 5.44. The van der Waals surface area contributed by atoms with Crippen LogP contribution in [-0.4, -0.2) is 18.6 Å². The fourth-order valence-corrected chi connectivity index (χ4v) is 1.35. The van der Waals surface area contributed by atoms with Crippen molar-refractivity contribution in [3.8, 4) is 18.1 Å². The second kappa shape index (κ2) is 6.62. The molecular weight excluding hydrogens is 235 g/mol. The van der Waals surface area contributed by atoms with Gasteiger partial charge in [-0.05, 0) is 24.6 Å². The van der Waals surface area contributed by atoms with Crippen LogP contribution in [-0.2, 0) is 11.3 Å². The third kappa shape index (κ3) is 4.07. The van der Waals surface area contributed by atoms with Gasteiger partial charge in [0.15, 0.2) is 6.10 Å². The van der Waals surface area contributed by atoms with E-state index >= 15 is 0 Å². The van der Waals surface area contributed by atoms with Crippen LogP contribution in [0.25, 0.3) is 0 Å². The van der Waals surface area contributed by atoms with Crippen molar-refractivity contribution >= 4 is 5.91 Å². The molecule has 0 heterocycles. The molecular formula is C13H15FN2O2. The fourth-order valence-electron chi connectivity index (χ4n) is 1.35. The molecule has 0 spiro atoms. The van der Waals surface area contributed by atoms with Gasteiger partial charge in [0, 0.05) is 12.6 Å². The van der Waals surface area contributed by atoms with E-state index in [0.717, 1.165) is 0 Å². The average molecular weight is 250 g/mol. The highest BCUT2D eigenvalue weighted by Gasteiger charge is 2.14. The Hall–Kier alpha value is -2.06. The molecule has 0 aliphatic heterocycles. The van der Waals surface area contributed by atoms with Crippen molar-refractivity contribution in [2.24, 2.45) is 5.73 Å². The van der Waals surface area contributed by atoms with Crippen molar-refractivity contribution in [1.82, 2.24) is 5.32 Å². The van der Waals surface area contributed by atoms with Gasteiger partial charge in [0.05, 0.1) is 6.54 Å². The molecule has 0 radical (unpaired) electrons. The minimum absolute atomic E-state index is 0.129. The van der Waals surface area contributed by atoms with Crippen LogP contribution in [0, 0.1) is 18.2 Å². The van der Waals surface area contributed by atoms with Crippen LogP contribution in [0.4, 0.5) is 4.39 Å². The number of nitrogens with one attached hydrogen (secondary N) is 1. The van der Waals surface area contributed by atoms with Gasteiger partial charge in [-0.1, -0.05) is 5.92 Å². The number of amides is 1. The van der Waals surface area contributed by atoms with Crippen molar-refractivity contribution in [1.29, 1.82) is 0 Å². The summed E-state index contributed by atoms with van der Waals surface area (Å²) in [6.07, 6.45) is 4.26. The van der Waals surface area contributed by atoms with Crippen molar-refractivity contribution in [2.75, 3.05) is 6.54 Å². The Morgan fingerprint density at radius 2 is 2.33 bits per heavy atom. The Morgan fingerprint density at radius 1 is 1.61 bits per heavy atom. The first-order chi connectivity index (χ1) is 8.56. The maximum Gasteiger partial charge on any atom is 0.261 e. The predicted octanol–water partition coefficient (Wildman–Crippen LogP) is 0.801. The van der Waals surface area contributed by atoms with Crippen LogP contribution in [0.2, 0.25) is 0 Å². The lowest BCUT2D eigenvalue weighted by Gasteiger charge is -2.14. The summed E-state index contributed by atoms with van der Waals surface area (Å²) >= 11 is 0. The van der Waals surface area contributed by atoms with E-state index in [0.29, 0.717) is 5.56 Å². The smallest absolute Gasteiger partial charge is 0.261 e. The number of halogens is 1. The molecule has 1 amide bonds. The number of carbonyl (C=O) groups excluding carboxylic acids is 1. The third-order valence-corrected chi connectivity index (χ3v) is 2.21.